The SMILES string of the molecule is NC1CCN(c2nc(Nc3ccc(N4CCC5(CC4)CC5C(=O)O)cc3)c3c(=O)[nH]ncc3n2)CC1. The molecular weight excluding hydrogens is 460 g/mol. The molecule has 11 nitrogen and oxygen atoms in total. The fraction of sp³-hybridized carbons (Fsp3) is 0.480. The van der Waals surface area contributed by atoms with Crippen molar-refractivity contribution in [1.29, 1.82) is 0 Å². The van der Waals surface area contributed by atoms with Crippen LogP contribution in [-0.2, 0) is 4.79 Å². The first kappa shape index (κ1) is 22.7. The minimum absolute atomic E-state index is 0.0109. The molecule has 1 saturated carbocycles. The van der Waals surface area contributed by atoms with Crippen LogP contribution in [-0.4, -0.2) is 63.5 Å². The summed E-state index contributed by atoms with van der Waals surface area (Å²) < 4.78 is 0. The maximum atomic E-state index is 12.6. The van der Waals surface area contributed by atoms with Gasteiger partial charge in [0.15, 0.2) is 0 Å². The van der Waals surface area contributed by atoms with Crippen LogP contribution in [0.1, 0.15) is 32.1 Å². The summed E-state index contributed by atoms with van der Waals surface area (Å²) in [6, 6.07) is 8.23. The molecule has 1 spiro atoms. The van der Waals surface area contributed by atoms with Crippen molar-refractivity contribution < 1.29 is 9.90 Å². The fourth-order valence-corrected chi connectivity index (χ4v) is 5.67. The van der Waals surface area contributed by atoms with Crippen LogP contribution in [0.5, 0.6) is 0 Å². The Morgan fingerprint density at radius 2 is 1.81 bits per heavy atom. The average molecular weight is 491 g/mol. The van der Waals surface area contributed by atoms with E-state index in [2.05, 4.69) is 30.3 Å². The number of nitrogens with two attached hydrogens (primary N) is 1. The van der Waals surface area contributed by atoms with Crippen molar-refractivity contribution in [3.8, 4) is 0 Å². The van der Waals surface area contributed by atoms with E-state index >= 15 is 0 Å². The number of aromatic amines is 1. The third kappa shape index (κ3) is 4.13. The highest BCUT2D eigenvalue weighted by molar-refractivity contribution is 5.90. The normalized spacial score (nSPS) is 21.6. The van der Waals surface area contributed by atoms with Gasteiger partial charge >= 0.3 is 5.97 Å². The lowest BCUT2D eigenvalue weighted by Gasteiger charge is -2.34. The van der Waals surface area contributed by atoms with E-state index in [1.807, 2.05) is 24.3 Å². The number of aliphatic carboxylic acids is 1. The number of nitrogens with zero attached hydrogens (tertiary/aromatic N) is 5. The molecule has 11 heteroatoms. The molecule has 36 heavy (non-hydrogen) atoms. The molecular formula is C25H30N8O3. The Morgan fingerprint density at radius 1 is 1.08 bits per heavy atom. The first-order chi connectivity index (χ1) is 17.4. The summed E-state index contributed by atoms with van der Waals surface area (Å²) in [4.78, 5) is 37.7. The van der Waals surface area contributed by atoms with E-state index in [4.69, 9.17) is 10.7 Å². The van der Waals surface area contributed by atoms with Gasteiger partial charge in [-0.15, -0.1) is 0 Å². The van der Waals surface area contributed by atoms with Crippen LogP contribution in [0.2, 0.25) is 0 Å². The topological polar surface area (TPSA) is 153 Å². The number of benzene rings is 1. The van der Waals surface area contributed by atoms with E-state index in [-0.39, 0.29) is 22.9 Å². The summed E-state index contributed by atoms with van der Waals surface area (Å²) in [7, 11) is 0. The molecule has 0 bridgehead atoms. The molecule has 6 rings (SSSR count). The zero-order chi connectivity index (χ0) is 24.9. The summed E-state index contributed by atoms with van der Waals surface area (Å²) in [6.45, 7) is 3.25. The molecule has 1 aliphatic carbocycles. The molecule has 3 fully saturated rings. The smallest absolute Gasteiger partial charge is 0.307 e. The molecule has 2 aromatic heterocycles. The number of carbonyl (C=O) groups is 1. The van der Waals surface area contributed by atoms with Crippen molar-refractivity contribution in [3.05, 3.63) is 40.8 Å². The number of anilines is 4. The Morgan fingerprint density at radius 3 is 2.47 bits per heavy atom. The Hall–Kier alpha value is -3.73. The summed E-state index contributed by atoms with van der Waals surface area (Å²) in [5.74, 6) is 0.175. The zero-order valence-electron chi connectivity index (χ0n) is 20.0. The van der Waals surface area contributed by atoms with E-state index in [1.165, 1.54) is 0 Å². The van der Waals surface area contributed by atoms with Crippen molar-refractivity contribution in [1.82, 2.24) is 20.2 Å². The molecule has 3 aliphatic rings. The summed E-state index contributed by atoms with van der Waals surface area (Å²) in [6.07, 6.45) is 5.92. The second-order valence-electron chi connectivity index (χ2n) is 10.3. The van der Waals surface area contributed by atoms with Gasteiger partial charge in [0.25, 0.3) is 5.56 Å². The molecule has 5 N–H and O–H groups in total. The number of carboxylic acids is 1. The van der Waals surface area contributed by atoms with Crippen molar-refractivity contribution in [2.75, 3.05) is 41.3 Å². The van der Waals surface area contributed by atoms with Crippen LogP contribution >= 0.6 is 0 Å². The Balaban J connectivity index is 1.21. The van der Waals surface area contributed by atoms with Gasteiger partial charge < -0.3 is 26.0 Å². The van der Waals surface area contributed by atoms with Gasteiger partial charge in [-0.05, 0) is 61.8 Å². The van der Waals surface area contributed by atoms with Crippen molar-refractivity contribution in [2.24, 2.45) is 17.1 Å². The number of hydrogen-bond donors (Lipinski definition) is 4. The van der Waals surface area contributed by atoms with E-state index < -0.39 is 5.97 Å². The zero-order valence-corrected chi connectivity index (χ0v) is 20.0. The van der Waals surface area contributed by atoms with Gasteiger partial charge in [0.2, 0.25) is 5.95 Å². The minimum atomic E-state index is -0.655. The second-order valence-corrected chi connectivity index (χ2v) is 10.3. The lowest BCUT2D eigenvalue weighted by molar-refractivity contribution is -0.139. The first-order valence-electron chi connectivity index (χ1n) is 12.5. The largest absolute Gasteiger partial charge is 0.481 e. The van der Waals surface area contributed by atoms with Crippen LogP contribution in [0.15, 0.2) is 35.3 Å². The predicted octanol–water partition coefficient (Wildman–Crippen LogP) is 2.08. The van der Waals surface area contributed by atoms with Crippen molar-refractivity contribution in [3.63, 3.8) is 0 Å². The lowest BCUT2D eigenvalue weighted by atomic mass is 9.90. The average Bonchev–Trinajstić information content (AvgIpc) is 3.59. The number of nitrogens with one attached hydrogen (secondary N) is 2. The molecule has 0 radical (unpaired) electrons. The van der Waals surface area contributed by atoms with Crippen LogP contribution in [0.3, 0.4) is 0 Å². The van der Waals surface area contributed by atoms with E-state index in [0.29, 0.717) is 22.7 Å². The van der Waals surface area contributed by atoms with Gasteiger partial charge in [-0.3, -0.25) is 9.59 Å². The van der Waals surface area contributed by atoms with Crippen LogP contribution in [0, 0.1) is 11.3 Å². The summed E-state index contributed by atoms with van der Waals surface area (Å²) in [5.41, 5.74) is 8.11. The number of aromatic nitrogens is 4. The molecule has 1 unspecified atom stereocenters. The van der Waals surface area contributed by atoms with E-state index in [9.17, 15) is 14.7 Å². The highest BCUT2D eigenvalue weighted by atomic mass is 16.4. The summed E-state index contributed by atoms with van der Waals surface area (Å²) >= 11 is 0. The molecule has 3 aromatic rings. The maximum absolute atomic E-state index is 12.6. The molecule has 1 atom stereocenters. The number of fused-ring (bicyclic) bond motifs is 1. The highest BCUT2D eigenvalue weighted by Gasteiger charge is 2.58. The molecule has 4 heterocycles. The van der Waals surface area contributed by atoms with Gasteiger partial charge in [-0.2, -0.15) is 10.1 Å². The van der Waals surface area contributed by atoms with Crippen molar-refractivity contribution >= 4 is 40.0 Å². The van der Waals surface area contributed by atoms with E-state index in [0.717, 1.165) is 69.7 Å². The number of carboxylic acid groups (broad SMARTS) is 1. The number of rotatable bonds is 5. The Kier molecular flexibility index (Phi) is 5.51. The van der Waals surface area contributed by atoms with Gasteiger partial charge in [-0.1, -0.05) is 0 Å². The lowest BCUT2D eigenvalue weighted by Crippen LogP contribution is -2.40. The van der Waals surface area contributed by atoms with Gasteiger partial charge in [0, 0.05) is 43.6 Å². The van der Waals surface area contributed by atoms with Crippen LogP contribution in [0.4, 0.5) is 23.1 Å². The Bertz CT molecular complexity index is 1340. The number of H-pyrrole nitrogens is 1. The van der Waals surface area contributed by atoms with E-state index in [1.54, 1.807) is 6.20 Å². The van der Waals surface area contributed by atoms with Gasteiger partial charge in [0.1, 0.15) is 16.7 Å². The number of piperidine rings is 2. The first-order valence-corrected chi connectivity index (χ1v) is 12.5. The van der Waals surface area contributed by atoms with Gasteiger partial charge in [0.05, 0.1) is 12.1 Å². The predicted molar refractivity (Wildman–Crippen MR) is 137 cm³/mol. The second kappa shape index (κ2) is 8.74. The maximum Gasteiger partial charge on any atom is 0.307 e. The third-order valence-corrected chi connectivity index (χ3v) is 8.07. The third-order valence-electron chi connectivity index (χ3n) is 8.07. The molecule has 188 valence electrons. The van der Waals surface area contributed by atoms with Crippen LogP contribution in [0.25, 0.3) is 10.9 Å². The van der Waals surface area contributed by atoms with Crippen LogP contribution < -0.4 is 26.4 Å². The summed E-state index contributed by atoms with van der Waals surface area (Å²) in [5, 5.41) is 19.4. The minimum Gasteiger partial charge on any atom is -0.481 e. The number of hydrogen-bond acceptors (Lipinski definition) is 9. The fourth-order valence-electron chi connectivity index (χ4n) is 5.67. The van der Waals surface area contributed by atoms with Crippen molar-refractivity contribution in [2.45, 2.75) is 38.1 Å². The molecule has 2 aliphatic heterocycles. The van der Waals surface area contributed by atoms with Gasteiger partial charge in [-0.25, -0.2) is 10.1 Å². The molecule has 0 amide bonds. The molecule has 2 saturated heterocycles. The Labute approximate surface area is 207 Å². The quantitative estimate of drug-likeness (QED) is 0.418. The standard InChI is InChI=1S/C25H30N8O3/c26-15-5-9-33(10-6-15)24-29-19-14-27-31-22(34)20(19)21(30-24)28-16-1-3-17(4-2-16)32-11-7-25(8-12-32)13-18(25)23(35)36/h1-4,14-15,18H,5-13,26H2,(H,31,34)(H,35,36)(H,28,29,30). The molecule has 1 aromatic carbocycles. The highest BCUT2D eigenvalue weighted by Crippen LogP contribution is 2.59. The monoisotopic (exact) mass is 490 g/mol.